The number of rotatable bonds is 48. The Labute approximate surface area is 378 Å². The minimum Gasteiger partial charge on any atom is -0.466 e. The molecule has 0 aromatic heterocycles. The molecule has 0 heterocycles. The molecule has 2 unspecified atom stereocenters. The van der Waals surface area contributed by atoms with E-state index < -0.39 is 12.1 Å². The summed E-state index contributed by atoms with van der Waals surface area (Å²) in [6.07, 6.45) is 62.6. The third-order valence-corrected chi connectivity index (χ3v) is 11.8. The van der Waals surface area contributed by atoms with Gasteiger partial charge in [0.25, 0.3) is 0 Å². The predicted molar refractivity (Wildman–Crippen MR) is 264 cm³/mol. The second-order valence-corrected chi connectivity index (χ2v) is 17.8. The number of esters is 1. The van der Waals surface area contributed by atoms with Crippen molar-refractivity contribution in [2.24, 2.45) is 0 Å². The first-order valence-corrected chi connectivity index (χ1v) is 26.4. The van der Waals surface area contributed by atoms with Crippen molar-refractivity contribution in [2.75, 3.05) is 13.2 Å². The van der Waals surface area contributed by atoms with Gasteiger partial charge in [0.15, 0.2) is 0 Å². The molecule has 2 atom stereocenters. The maximum atomic E-state index is 12.4. The fraction of sp³-hybridized carbons (Fsp3) is 0.818. The van der Waals surface area contributed by atoms with Gasteiger partial charge in [-0.05, 0) is 83.5 Å². The molecule has 0 radical (unpaired) electrons. The molecular formula is C55H101NO5. The quantitative estimate of drug-likeness (QED) is 0.0322. The molecule has 0 aromatic rings. The second kappa shape index (κ2) is 50.5. The van der Waals surface area contributed by atoms with Crippen molar-refractivity contribution in [1.82, 2.24) is 5.32 Å². The highest BCUT2D eigenvalue weighted by Crippen LogP contribution is 2.15. The molecule has 0 aromatic carbocycles. The number of ether oxygens (including phenoxy) is 1. The van der Waals surface area contributed by atoms with Gasteiger partial charge in [-0.25, -0.2) is 0 Å². The molecule has 0 bridgehead atoms. The van der Waals surface area contributed by atoms with E-state index in [4.69, 9.17) is 4.74 Å². The van der Waals surface area contributed by atoms with Gasteiger partial charge in [0.2, 0.25) is 5.91 Å². The maximum Gasteiger partial charge on any atom is 0.305 e. The molecule has 0 aliphatic carbocycles. The third kappa shape index (κ3) is 47.1. The molecule has 1 amide bonds. The molecule has 0 saturated carbocycles. The van der Waals surface area contributed by atoms with Crippen LogP contribution in [0.3, 0.4) is 0 Å². The zero-order valence-electron chi connectivity index (χ0n) is 40.4. The van der Waals surface area contributed by atoms with Crippen LogP contribution in [0, 0.1) is 0 Å². The van der Waals surface area contributed by atoms with E-state index in [9.17, 15) is 19.8 Å². The molecule has 3 N–H and O–H groups in total. The highest BCUT2D eigenvalue weighted by Gasteiger charge is 2.18. The Morgan fingerprint density at radius 3 is 1.31 bits per heavy atom. The molecule has 0 fully saturated rings. The van der Waals surface area contributed by atoms with Crippen LogP contribution in [0.2, 0.25) is 0 Å². The number of amides is 1. The predicted octanol–water partition coefficient (Wildman–Crippen LogP) is 15.8. The molecular weight excluding hydrogens is 755 g/mol. The molecule has 0 aliphatic heterocycles. The van der Waals surface area contributed by atoms with Crippen molar-refractivity contribution < 1.29 is 24.5 Å². The molecule has 6 nitrogen and oxygen atoms in total. The number of nitrogens with one attached hydrogen (secondary N) is 1. The van der Waals surface area contributed by atoms with Gasteiger partial charge < -0.3 is 20.3 Å². The minimum atomic E-state index is -0.849. The molecule has 0 saturated heterocycles. The van der Waals surface area contributed by atoms with Gasteiger partial charge in [-0.15, -0.1) is 0 Å². The van der Waals surface area contributed by atoms with Crippen molar-refractivity contribution in [1.29, 1.82) is 0 Å². The lowest BCUT2D eigenvalue weighted by molar-refractivity contribution is -0.143. The highest BCUT2D eigenvalue weighted by molar-refractivity contribution is 5.76. The average Bonchev–Trinajstić information content (AvgIpc) is 3.26. The van der Waals surface area contributed by atoms with Crippen LogP contribution in [-0.2, 0) is 14.3 Å². The minimum absolute atomic E-state index is 0.0102. The molecule has 0 rings (SSSR count). The Kier molecular flexibility index (Phi) is 48.7. The number of unbranched alkanes of at least 4 members (excludes halogenated alkanes) is 31. The Hall–Kier alpha value is -2.18. The fourth-order valence-corrected chi connectivity index (χ4v) is 7.70. The highest BCUT2D eigenvalue weighted by atomic mass is 16.5. The summed E-state index contributed by atoms with van der Waals surface area (Å²) in [5, 5.41) is 22.9. The van der Waals surface area contributed by atoms with Crippen molar-refractivity contribution in [3.63, 3.8) is 0 Å². The molecule has 0 aliphatic rings. The van der Waals surface area contributed by atoms with E-state index in [0.29, 0.717) is 19.4 Å². The first kappa shape index (κ1) is 58.8. The van der Waals surface area contributed by atoms with E-state index in [0.717, 1.165) is 57.8 Å². The van der Waals surface area contributed by atoms with Crippen LogP contribution in [0.1, 0.15) is 264 Å². The van der Waals surface area contributed by atoms with Crippen LogP contribution in [0.4, 0.5) is 0 Å². The van der Waals surface area contributed by atoms with Crippen molar-refractivity contribution >= 4 is 11.9 Å². The summed E-state index contributed by atoms with van der Waals surface area (Å²) >= 11 is 0. The monoisotopic (exact) mass is 856 g/mol. The fourth-order valence-electron chi connectivity index (χ4n) is 7.70. The second-order valence-electron chi connectivity index (χ2n) is 17.8. The van der Waals surface area contributed by atoms with Gasteiger partial charge in [-0.2, -0.15) is 0 Å². The average molecular weight is 856 g/mol. The van der Waals surface area contributed by atoms with E-state index >= 15 is 0 Å². The molecule has 0 spiro atoms. The molecule has 61 heavy (non-hydrogen) atoms. The van der Waals surface area contributed by atoms with E-state index in [2.05, 4.69) is 55.6 Å². The first-order valence-electron chi connectivity index (χ1n) is 26.4. The summed E-state index contributed by atoms with van der Waals surface area (Å²) < 4.78 is 5.46. The number of hydrogen-bond donors (Lipinski definition) is 3. The Balaban J connectivity index is 3.45. The van der Waals surface area contributed by atoms with Crippen LogP contribution in [-0.4, -0.2) is 47.4 Å². The Morgan fingerprint density at radius 2 is 0.836 bits per heavy atom. The van der Waals surface area contributed by atoms with Gasteiger partial charge in [-0.3, -0.25) is 9.59 Å². The largest absolute Gasteiger partial charge is 0.466 e. The van der Waals surface area contributed by atoms with Crippen molar-refractivity contribution in [3.05, 3.63) is 48.6 Å². The Morgan fingerprint density at radius 1 is 0.459 bits per heavy atom. The standard InChI is InChI=1S/C55H101NO5/c1-3-5-7-9-11-13-15-16-26-29-33-37-41-45-49-55(60)61-50-46-42-38-34-30-27-24-22-20-18-17-19-21-23-25-28-32-36-40-44-48-54(59)56-52(51-57)53(58)47-43-39-35-31-14-12-10-8-6-4-2/h9,11,15-17,19,43,47,52-53,57-58H,3-8,10,12-14,18,20-42,44-46,48-51H2,1-2H3,(H,56,59)/b11-9-,16-15-,19-17-,47-43+. The van der Waals surface area contributed by atoms with E-state index in [-0.39, 0.29) is 18.5 Å². The maximum absolute atomic E-state index is 12.4. The normalized spacial score (nSPS) is 13.0. The van der Waals surface area contributed by atoms with Gasteiger partial charge in [0.05, 0.1) is 25.4 Å². The lowest BCUT2D eigenvalue weighted by atomic mass is 10.1. The van der Waals surface area contributed by atoms with Gasteiger partial charge in [-0.1, -0.05) is 217 Å². The topological polar surface area (TPSA) is 95.9 Å². The number of hydrogen-bond acceptors (Lipinski definition) is 5. The summed E-state index contributed by atoms with van der Waals surface area (Å²) in [6, 6.07) is -0.633. The summed E-state index contributed by atoms with van der Waals surface area (Å²) in [5.41, 5.74) is 0. The lowest BCUT2D eigenvalue weighted by Gasteiger charge is -2.20. The van der Waals surface area contributed by atoms with Crippen LogP contribution in [0.5, 0.6) is 0 Å². The van der Waals surface area contributed by atoms with Crippen LogP contribution in [0.15, 0.2) is 48.6 Å². The summed E-state index contributed by atoms with van der Waals surface area (Å²) in [7, 11) is 0. The van der Waals surface area contributed by atoms with Crippen LogP contribution >= 0.6 is 0 Å². The van der Waals surface area contributed by atoms with Crippen molar-refractivity contribution in [2.45, 2.75) is 276 Å². The molecule has 356 valence electrons. The number of carbonyl (C=O) groups excluding carboxylic acids is 2. The summed E-state index contributed by atoms with van der Waals surface area (Å²) in [4.78, 5) is 24.4. The number of carbonyl (C=O) groups is 2. The molecule has 6 heteroatoms. The van der Waals surface area contributed by atoms with Gasteiger partial charge in [0, 0.05) is 12.8 Å². The zero-order chi connectivity index (χ0) is 44.4. The summed E-state index contributed by atoms with van der Waals surface area (Å²) in [5.74, 6) is -0.0903. The zero-order valence-corrected chi connectivity index (χ0v) is 40.4. The van der Waals surface area contributed by atoms with Crippen LogP contribution in [0.25, 0.3) is 0 Å². The first-order chi connectivity index (χ1) is 30.0. The van der Waals surface area contributed by atoms with Crippen molar-refractivity contribution in [3.8, 4) is 0 Å². The number of aliphatic hydroxyl groups is 2. The van der Waals surface area contributed by atoms with Gasteiger partial charge in [0.1, 0.15) is 0 Å². The van der Waals surface area contributed by atoms with E-state index in [1.54, 1.807) is 6.08 Å². The van der Waals surface area contributed by atoms with Crippen LogP contribution < -0.4 is 5.32 Å². The SMILES string of the molecule is CCCC/C=C\C/C=C\CCCCCCCC(=O)OCCCCCCCCCCC/C=C\CCCCCCCCCC(=O)NC(CO)C(O)/C=C/CCCCCCCCCC. The van der Waals surface area contributed by atoms with E-state index in [1.807, 2.05) is 6.08 Å². The smallest absolute Gasteiger partial charge is 0.305 e. The summed E-state index contributed by atoms with van der Waals surface area (Å²) in [6.45, 7) is 4.82. The Bertz CT molecular complexity index is 1040. The van der Waals surface area contributed by atoms with E-state index in [1.165, 1.54) is 180 Å². The number of allylic oxidation sites excluding steroid dienone is 7. The van der Waals surface area contributed by atoms with Gasteiger partial charge >= 0.3 is 5.97 Å². The third-order valence-electron chi connectivity index (χ3n) is 11.8. The lowest BCUT2D eigenvalue weighted by Crippen LogP contribution is -2.45. The number of aliphatic hydroxyl groups excluding tert-OH is 2.